The quantitative estimate of drug-likeness (QED) is 0.576. The van der Waals surface area contributed by atoms with E-state index in [1.165, 1.54) is 6.08 Å². The summed E-state index contributed by atoms with van der Waals surface area (Å²) in [7, 11) is -4.39. The topological polar surface area (TPSA) is 66.8 Å². The maximum atomic E-state index is 10.2. The van der Waals surface area contributed by atoms with Gasteiger partial charge in [0, 0.05) is 0 Å². The van der Waals surface area contributed by atoms with Crippen LogP contribution in [-0.2, 0) is 9.09 Å². The lowest BCUT2D eigenvalue weighted by atomic mass is 10.2. The summed E-state index contributed by atoms with van der Waals surface area (Å²) < 4.78 is 14.4. The third kappa shape index (κ3) is 4.48. The fourth-order valence-corrected chi connectivity index (χ4v) is 0.972. The van der Waals surface area contributed by atoms with Gasteiger partial charge in [0.15, 0.2) is 0 Å². The van der Waals surface area contributed by atoms with Crippen molar-refractivity contribution in [2.45, 2.75) is 0 Å². The van der Waals surface area contributed by atoms with E-state index < -0.39 is 7.82 Å². The first-order valence-electron chi connectivity index (χ1n) is 3.53. The van der Waals surface area contributed by atoms with Crippen molar-refractivity contribution in [3.05, 3.63) is 42.2 Å². The SMILES string of the molecule is O=P(O)(O)OC=Cc1ccccc1. The average Bonchev–Trinajstić information content (AvgIpc) is 2.04. The molecule has 1 rings (SSSR count). The summed E-state index contributed by atoms with van der Waals surface area (Å²) in [6.07, 6.45) is 2.45. The summed E-state index contributed by atoms with van der Waals surface area (Å²) in [6, 6.07) is 9.06. The van der Waals surface area contributed by atoms with E-state index in [0.29, 0.717) is 0 Å². The highest BCUT2D eigenvalue weighted by Gasteiger charge is 2.10. The van der Waals surface area contributed by atoms with Gasteiger partial charge < -0.3 is 4.52 Å². The molecule has 5 heteroatoms. The Balaban J connectivity index is 2.56. The number of phosphoric acid groups is 1. The molecule has 0 amide bonds. The summed E-state index contributed by atoms with van der Waals surface area (Å²) in [6.45, 7) is 0. The predicted molar refractivity (Wildman–Crippen MR) is 48.6 cm³/mol. The fourth-order valence-electron chi connectivity index (χ4n) is 0.752. The van der Waals surface area contributed by atoms with Gasteiger partial charge in [0.05, 0.1) is 6.26 Å². The maximum Gasteiger partial charge on any atom is 0.524 e. The molecule has 4 nitrogen and oxygen atoms in total. The maximum absolute atomic E-state index is 10.2. The summed E-state index contributed by atoms with van der Waals surface area (Å²) in [4.78, 5) is 16.7. The standard InChI is InChI=1S/C8H9O4P/c9-13(10,11)12-7-6-8-4-2-1-3-5-8/h1-7H,(H2,9,10,11). The molecule has 0 aliphatic rings. The molecule has 0 heterocycles. The third-order valence-corrected chi connectivity index (χ3v) is 1.65. The lowest BCUT2D eigenvalue weighted by Gasteiger charge is -1.99. The van der Waals surface area contributed by atoms with Crippen molar-refractivity contribution in [1.29, 1.82) is 0 Å². The van der Waals surface area contributed by atoms with Crippen LogP contribution in [0, 0.1) is 0 Å². The normalized spacial score (nSPS) is 11.8. The van der Waals surface area contributed by atoms with Crippen molar-refractivity contribution in [2.24, 2.45) is 0 Å². The Labute approximate surface area is 75.7 Å². The molecular formula is C8H9O4P. The Morgan fingerprint density at radius 1 is 1.23 bits per heavy atom. The van der Waals surface area contributed by atoms with Crippen LogP contribution in [0.1, 0.15) is 5.56 Å². The van der Waals surface area contributed by atoms with Crippen molar-refractivity contribution in [1.82, 2.24) is 0 Å². The highest BCUT2D eigenvalue weighted by Crippen LogP contribution is 2.36. The van der Waals surface area contributed by atoms with Gasteiger partial charge in [-0.25, -0.2) is 4.57 Å². The van der Waals surface area contributed by atoms with Crippen molar-refractivity contribution in [2.75, 3.05) is 0 Å². The Bertz CT molecular complexity index is 327. The van der Waals surface area contributed by atoms with Crippen LogP contribution in [0.5, 0.6) is 0 Å². The summed E-state index contributed by atoms with van der Waals surface area (Å²) >= 11 is 0. The van der Waals surface area contributed by atoms with Gasteiger partial charge in [-0.1, -0.05) is 30.3 Å². The van der Waals surface area contributed by atoms with Crippen LogP contribution in [0.3, 0.4) is 0 Å². The van der Waals surface area contributed by atoms with Crippen LogP contribution in [0.4, 0.5) is 0 Å². The van der Waals surface area contributed by atoms with E-state index >= 15 is 0 Å². The van der Waals surface area contributed by atoms with Crippen LogP contribution in [-0.4, -0.2) is 9.79 Å². The summed E-state index contributed by atoms with van der Waals surface area (Å²) in [5.41, 5.74) is 0.816. The van der Waals surface area contributed by atoms with E-state index in [-0.39, 0.29) is 0 Å². The number of phosphoric ester groups is 1. The van der Waals surface area contributed by atoms with Gasteiger partial charge in [0.25, 0.3) is 0 Å². The van der Waals surface area contributed by atoms with Crippen molar-refractivity contribution < 1.29 is 18.9 Å². The second kappa shape index (κ2) is 4.23. The van der Waals surface area contributed by atoms with Crippen LogP contribution in [0.25, 0.3) is 6.08 Å². The molecule has 0 saturated heterocycles. The number of benzene rings is 1. The van der Waals surface area contributed by atoms with E-state index in [9.17, 15) is 4.57 Å². The monoisotopic (exact) mass is 200 g/mol. The highest BCUT2D eigenvalue weighted by molar-refractivity contribution is 7.46. The minimum Gasteiger partial charge on any atom is -0.412 e. The van der Waals surface area contributed by atoms with Gasteiger partial charge >= 0.3 is 7.82 Å². The predicted octanol–water partition coefficient (Wildman–Crippen LogP) is 1.77. The van der Waals surface area contributed by atoms with Crippen LogP contribution < -0.4 is 0 Å². The third-order valence-electron chi connectivity index (χ3n) is 1.26. The number of hydrogen-bond acceptors (Lipinski definition) is 2. The molecule has 0 fully saturated rings. The zero-order valence-corrected chi connectivity index (χ0v) is 7.59. The largest absolute Gasteiger partial charge is 0.524 e. The van der Waals surface area contributed by atoms with Gasteiger partial charge in [-0.3, -0.25) is 9.79 Å². The average molecular weight is 200 g/mol. The first kappa shape index (κ1) is 9.99. The summed E-state index contributed by atoms with van der Waals surface area (Å²) in [5.74, 6) is 0. The van der Waals surface area contributed by atoms with Crippen LogP contribution in [0.2, 0.25) is 0 Å². The molecule has 0 radical (unpaired) electrons. The molecule has 1 aromatic carbocycles. The van der Waals surface area contributed by atoms with Gasteiger partial charge in [-0.05, 0) is 11.6 Å². The summed E-state index contributed by atoms with van der Waals surface area (Å²) in [5, 5.41) is 0. The molecule has 0 bridgehead atoms. The molecule has 2 N–H and O–H groups in total. The van der Waals surface area contributed by atoms with Crippen molar-refractivity contribution in [3.8, 4) is 0 Å². The van der Waals surface area contributed by atoms with Crippen LogP contribution in [0.15, 0.2) is 36.6 Å². The second-order valence-corrected chi connectivity index (χ2v) is 3.50. The Morgan fingerprint density at radius 3 is 2.38 bits per heavy atom. The molecule has 70 valence electrons. The molecule has 0 aliphatic heterocycles. The fraction of sp³-hybridized carbons (Fsp3) is 0. The Hall–Kier alpha value is -1.09. The first-order valence-corrected chi connectivity index (χ1v) is 5.06. The number of rotatable bonds is 3. The van der Waals surface area contributed by atoms with Gasteiger partial charge in [-0.15, -0.1) is 0 Å². The molecular weight excluding hydrogens is 191 g/mol. The van der Waals surface area contributed by atoms with E-state index in [1.807, 2.05) is 18.2 Å². The van der Waals surface area contributed by atoms with Crippen molar-refractivity contribution in [3.63, 3.8) is 0 Å². The van der Waals surface area contributed by atoms with Crippen LogP contribution >= 0.6 is 7.82 Å². The Morgan fingerprint density at radius 2 is 1.85 bits per heavy atom. The molecule has 0 aliphatic carbocycles. The molecule has 1 aromatic rings. The zero-order valence-electron chi connectivity index (χ0n) is 6.70. The zero-order chi connectivity index (χ0) is 9.73. The smallest absolute Gasteiger partial charge is 0.412 e. The number of hydrogen-bond donors (Lipinski definition) is 2. The van der Waals surface area contributed by atoms with E-state index in [2.05, 4.69) is 4.52 Å². The lowest BCUT2D eigenvalue weighted by Crippen LogP contribution is -1.77. The van der Waals surface area contributed by atoms with E-state index in [0.717, 1.165) is 11.8 Å². The van der Waals surface area contributed by atoms with Crippen molar-refractivity contribution >= 4 is 13.9 Å². The molecule has 0 saturated carbocycles. The second-order valence-electron chi connectivity index (χ2n) is 2.31. The molecule has 0 spiro atoms. The molecule has 0 unspecified atom stereocenters. The molecule has 0 atom stereocenters. The van der Waals surface area contributed by atoms with Gasteiger partial charge in [-0.2, -0.15) is 0 Å². The molecule has 13 heavy (non-hydrogen) atoms. The van der Waals surface area contributed by atoms with Gasteiger partial charge in [0.2, 0.25) is 0 Å². The first-order chi connectivity index (χ1) is 6.08. The Kier molecular flexibility index (Phi) is 3.25. The van der Waals surface area contributed by atoms with Gasteiger partial charge in [0.1, 0.15) is 0 Å². The minimum absolute atomic E-state index is 0.816. The minimum atomic E-state index is -4.39. The lowest BCUT2D eigenvalue weighted by molar-refractivity contribution is 0.259. The molecule has 0 aromatic heterocycles. The van der Waals surface area contributed by atoms with E-state index in [4.69, 9.17) is 9.79 Å². The van der Waals surface area contributed by atoms with E-state index in [1.54, 1.807) is 12.1 Å². The highest BCUT2D eigenvalue weighted by atomic mass is 31.2.